The van der Waals surface area contributed by atoms with Crippen LogP contribution >= 0.6 is 15.9 Å². The van der Waals surface area contributed by atoms with Crippen LogP contribution in [-0.4, -0.2) is 83.5 Å². The number of rotatable bonds is 6. The van der Waals surface area contributed by atoms with Gasteiger partial charge in [0.2, 0.25) is 0 Å². The second kappa shape index (κ2) is 11.8. The van der Waals surface area contributed by atoms with Gasteiger partial charge in [0, 0.05) is 37.6 Å². The van der Waals surface area contributed by atoms with E-state index in [2.05, 4.69) is 41.3 Å². The van der Waals surface area contributed by atoms with E-state index in [9.17, 15) is 9.90 Å². The first kappa shape index (κ1) is 29.5. The lowest BCUT2D eigenvalue weighted by molar-refractivity contribution is 0.00698. The zero-order valence-electron chi connectivity index (χ0n) is 24.7. The molecule has 44 heavy (non-hydrogen) atoms. The molecule has 0 radical (unpaired) electrons. The maximum absolute atomic E-state index is 12.8. The minimum atomic E-state index is -0.625. The Morgan fingerprint density at radius 2 is 1.95 bits per heavy atom. The van der Waals surface area contributed by atoms with E-state index in [1.807, 2.05) is 69.0 Å². The summed E-state index contributed by atoms with van der Waals surface area (Å²) in [5.41, 5.74) is 3.04. The van der Waals surface area contributed by atoms with Crippen LogP contribution in [0.4, 0.5) is 22.1 Å². The number of carbonyl (C=O) groups is 1. The largest absolute Gasteiger partial charge is 0.457 e. The summed E-state index contributed by atoms with van der Waals surface area (Å²) in [7, 11) is 0. The summed E-state index contributed by atoms with van der Waals surface area (Å²) in [5, 5.41) is 17.6. The van der Waals surface area contributed by atoms with Gasteiger partial charge in [-0.05, 0) is 79.5 Å². The van der Waals surface area contributed by atoms with Gasteiger partial charge in [-0.25, -0.2) is 29.2 Å². The van der Waals surface area contributed by atoms with Crippen molar-refractivity contribution in [2.75, 3.05) is 36.5 Å². The Morgan fingerprint density at radius 3 is 2.73 bits per heavy atom. The number of pyridine rings is 2. The molecule has 1 aliphatic heterocycles. The fourth-order valence-electron chi connectivity index (χ4n) is 5.00. The number of piperazine rings is 1. The van der Waals surface area contributed by atoms with Gasteiger partial charge in [0.15, 0.2) is 11.5 Å². The third-order valence-corrected chi connectivity index (χ3v) is 7.67. The molecule has 0 aliphatic carbocycles. The van der Waals surface area contributed by atoms with Crippen LogP contribution in [0.2, 0.25) is 0 Å². The Morgan fingerprint density at radius 1 is 1.11 bits per heavy atom. The second-order valence-corrected chi connectivity index (χ2v) is 12.3. The smallest absolute Gasteiger partial charge is 0.410 e. The molecule has 0 saturated carbocycles. The zero-order chi connectivity index (χ0) is 31.0. The molecule has 1 saturated heterocycles. The van der Waals surface area contributed by atoms with Crippen molar-refractivity contribution in [1.82, 2.24) is 34.4 Å². The number of aliphatic hydroxyl groups excluding tert-OH is 1. The molecule has 0 spiro atoms. The number of hydrogen-bond acceptors (Lipinski definition) is 11. The molecule has 2 N–H and O–H groups in total. The van der Waals surface area contributed by atoms with E-state index in [-0.39, 0.29) is 6.61 Å². The van der Waals surface area contributed by atoms with Gasteiger partial charge >= 0.3 is 6.09 Å². The zero-order valence-corrected chi connectivity index (χ0v) is 26.3. The van der Waals surface area contributed by atoms with E-state index in [0.717, 1.165) is 15.7 Å². The molecule has 6 rings (SSSR count). The lowest BCUT2D eigenvalue weighted by Gasteiger charge is -2.41. The van der Waals surface area contributed by atoms with Crippen molar-refractivity contribution in [1.29, 1.82) is 0 Å². The number of fused-ring (bicyclic) bond motifs is 2. The fourth-order valence-corrected chi connectivity index (χ4v) is 5.55. The predicted molar refractivity (Wildman–Crippen MR) is 169 cm³/mol. The summed E-state index contributed by atoms with van der Waals surface area (Å²) in [5.74, 6) is 2.58. The number of ether oxygens (including phenoxy) is 2. The number of aromatic nitrogens is 6. The van der Waals surface area contributed by atoms with Gasteiger partial charge < -0.3 is 24.8 Å². The van der Waals surface area contributed by atoms with E-state index >= 15 is 0 Å². The molecule has 1 unspecified atom stereocenters. The first-order valence-corrected chi connectivity index (χ1v) is 14.9. The van der Waals surface area contributed by atoms with Gasteiger partial charge in [-0.15, -0.1) is 0 Å². The van der Waals surface area contributed by atoms with Crippen molar-refractivity contribution in [3.63, 3.8) is 0 Å². The highest BCUT2D eigenvalue weighted by atomic mass is 79.9. The lowest BCUT2D eigenvalue weighted by Crippen LogP contribution is -2.57. The average molecular weight is 663 g/mol. The number of hydrogen-bond donors (Lipinski definition) is 2. The van der Waals surface area contributed by atoms with Gasteiger partial charge in [-0.1, -0.05) is 0 Å². The molecule has 1 aliphatic rings. The van der Waals surface area contributed by atoms with Crippen molar-refractivity contribution in [3.05, 3.63) is 65.3 Å². The van der Waals surface area contributed by atoms with Crippen LogP contribution in [0.15, 0.2) is 59.7 Å². The molecule has 1 atom stereocenters. The van der Waals surface area contributed by atoms with Gasteiger partial charge in [0.05, 0.1) is 22.6 Å². The van der Waals surface area contributed by atoms with E-state index < -0.39 is 17.7 Å². The highest BCUT2D eigenvalue weighted by molar-refractivity contribution is 9.10. The molecule has 13 nitrogen and oxygen atoms in total. The minimum Gasteiger partial charge on any atom is -0.457 e. The first-order chi connectivity index (χ1) is 21.1. The number of aliphatic hydroxyl groups is 1. The summed E-state index contributed by atoms with van der Waals surface area (Å²) < 4.78 is 14.1. The second-order valence-electron chi connectivity index (χ2n) is 11.5. The quantitative estimate of drug-likeness (QED) is 0.251. The number of nitrogens with zero attached hydrogens (tertiary/aromatic N) is 8. The van der Waals surface area contributed by atoms with Gasteiger partial charge in [0.1, 0.15) is 41.1 Å². The van der Waals surface area contributed by atoms with Gasteiger partial charge in [-0.2, -0.15) is 5.10 Å². The maximum Gasteiger partial charge on any atom is 0.410 e. The molecule has 228 valence electrons. The molecular formula is C30H32BrN9O4. The average Bonchev–Trinajstić information content (AvgIpc) is 3.45. The van der Waals surface area contributed by atoms with Crippen LogP contribution in [0.25, 0.3) is 16.7 Å². The van der Waals surface area contributed by atoms with E-state index in [4.69, 9.17) is 14.5 Å². The van der Waals surface area contributed by atoms with Crippen molar-refractivity contribution >= 4 is 56.0 Å². The van der Waals surface area contributed by atoms with Crippen LogP contribution in [0, 0.1) is 6.92 Å². The van der Waals surface area contributed by atoms with Gasteiger partial charge in [0.25, 0.3) is 0 Å². The Bertz CT molecular complexity index is 1840. The molecule has 1 aromatic carbocycles. The number of aryl methyl sites for hydroxylation is 1. The highest BCUT2D eigenvalue weighted by Crippen LogP contribution is 2.33. The van der Waals surface area contributed by atoms with E-state index in [1.54, 1.807) is 15.6 Å². The first-order valence-electron chi connectivity index (χ1n) is 14.1. The number of carbonyl (C=O) groups excluding carboxylic acids is 1. The number of nitrogens with one attached hydrogen (secondary N) is 1. The topological polar surface area (TPSA) is 143 Å². The normalized spacial score (nSPS) is 15.5. The van der Waals surface area contributed by atoms with Crippen LogP contribution in [0.3, 0.4) is 0 Å². The fraction of sp³-hybridized carbons (Fsp3) is 0.333. The van der Waals surface area contributed by atoms with Crippen LogP contribution < -0.4 is 15.0 Å². The lowest BCUT2D eigenvalue weighted by atomic mass is 10.1. The summed E-state index contributed by atoms with van der Waals surface area (Å²) in [6, 6.07) is 10.9. The number of anilines is 3. The molecule has 0 bridgehead atoms. The SMILES string of the molecule is Cc1cc(Nc2ncnc3cc(Br)c(N4CCN(C(=O)OC(C)(C)C)C(CO)C4)nc23)ccc1Oc1ccn2ncnc2c1. The Balaban J connectivity index is 1.22. The number of amides is 1. The molecule has 4 aromatic heterocycles. The molecule has 5 aromatic rings. The molecule has 5 heterocycles. The van der Waals surface area contributed by atoms with Crippen molar-refractivity contribution in [2.45, 2.75) is 39.3 Å². The minimum absolute atomic E-state index is 0.203. The van der Waals surface area contributed by atoms with E-state index in [1.165, 1.54) is 12.7 Å². The maximum atomic E-state index is 12.8. The number of benzene rings is 1. The Hall–Kier alpha value is -4.56. The monoisotopic (exact) mass is 661 g/mol. The molecule has 1 amide bonds. The third kappa shape index (κ3) is 6.21. The standard InChI is InChI=1S/C30H32BrN9O4/c1-18-11-19(5-6-24(18)43-21-7-8-40-25(12-21)33-17-35-40)36-27-26-23(32-16-34-27)13-22(31)28(37-26)38-9-10-39(20(14-38)15-41)29(42)44-30(2,3)4/h5-8,11-13,16-17,20,41H,9-10,14-15H2,1-4H3,(H,32,34,36). The summed E-state index contributed by atoms with van der Waals surface area (Å²) in [6.45, 7) is 8.50. The molecular weight excluding hydrogens is 630 g/mol. The molecule has 1 fully saturated rings. The van der Waals surface area contributed by atoms with Crippen molar-refractivity contribution < 1.29 is 19.4 Å². The van der Waals surface area contributed by atoms with Crippen LogP contribution in [0.5, 0.6) is 11.5 Å². The van der Waals surface area contributed by atoms with Crippen LogP contribution in [0.1, 0.15) is 26.3 Å². The van der Waals surface area contributed by atoms with E-state index in [0.29, 0.717) is 59.4 Å². The highest BCUT2D eigenvalue weighted by Gasteiger charge is 2.34. The summed E-state index contributed by atoms with van der Waals surface area (Å²) in [4.78, 5) is 34.5. The van der Waals surface area contributed by atoms with Crippen molar-refractivity contribution in [3.8, 4) is 11.5 Å². The Labute approximate surface area is 262 Å². The van der Waals surface area contributed by atoms with Crippen LogP contribution in [-0.2, 0) is 4.74 Å². The third-order valence-electron chi connectivity index (χ3n) is 7.08. The van der Waals surface area contributed by atoms with Gasteiger partial charge in [-0.3, -0.25) is 4.90 Å². The molecule has 14 heteroatoms. The predicted octanol–water partition coefficient (Wildman–Crippen LogP) is 5.09. The summed E-state index contributed by atoms with van der Waals surface area (Å²) >= 11 is 3.65. The Kier molecular flexibility index (Phi) is 7.95. The van der Waals surface area contributed by atoms with Crippen molar-refractivity contribution in [2.24, 2.45) is 0 Å². The summed E-state index contributed by atoms with van der Waals surface area (Å²) in [6.07, 6.45) is 4.35. The number of halogens is 1.